The largest absolute Gasteiger partial charge is 0.464 e. The van der Waals surface area contributed by atoms with Crippen LogP contribution >= 0.6 is 11.9 Å². The van der Waals surface area contributed by atoms with Crippen molar-refractivity contribution in [1.82, 2.24) is 9.84 Å². The van der Waals surface area contributed by atoms with Gasteiger partial charge in [-0.1, -0.05) is 0 Å². The summed E-state index contributed by atoms with van der Waals surface area (Å²) < 4.78 is 41.6. The second-order valence-electron chi connectivity index (χ2n) is 3.37. The molecule has 1 N–H and O–H groups in total. The summed E-state index contributed by atoms with van der Waals surface area (Å²) in [7, 11) is 0. The van der Waals surface area contributed by atoms with E-state index in [1.807, 2.05) is 0 Å². The predicted molar refractivity (Wildman–Crippen MR) is 57.8 cm³/mol. The Kier molecular flexibility index (Phi) is 5.48. The lowest BCUT2D eigenvalue weighted by Crippen LogP contribution is -2.42. The Morgan fingerprint density at radius 3 is 2.61 bits per heavy atom. The van der Waals surface area contributed by atoms with Gasteiger partial charge < -0.3 is 4.74 Å². The van der Waals surface area contributed by atoms with Crippen LogP contribution in [0.4, 0.5) is 13.2 Å². The first-order valence-corrected chi connectivity index (χ1v) is 5.92. The van der Waals surface area contributed by atoms with Crippen molar-refractivity contribution in [3.8, 4) is 0 Å². The van der Waals surface area contributed by atoms with Gasteiger partial charge in [0.1, 0.15) is 6.04 Å². The van der Waals surface area contributed by atoms with Crippen LogP contribution in [0.5, 0.6) is 0 Å². The average Bonchev–Trinajstić information content (AvgIpc) is 2.77. The van der Waals surface area contributed by atoms with Crippen molar-refractivity contribution >= 4 is 23.8 Å². The number of hydrazine groups is 1. The highest BCUT2D eigenvalue weighted by Crippen LogP contribution is 2.18. The van der Waals surface area contributed by atoms with Crippen molar-refractivity contribution in [3.05, 3.63) is 11.9 Å². The van der Waals surface area contributed by atoms with E-state index in [4.69, 9.17) is 0 Å². The standard InChI is InChI=1S/C9H11F3N2O3S/c1-5(15)14-13-7(4-18-14)9(16)17-3-2-6(10)8(11)12/h7,13H,2-4H2,1H3. The fourth-order valence-corrected chi connectivity index (χ4v) is 2.00. The molecule has 0 saturated carbocycles. The summed E-state index contributed by atoms with van der Waals surface area (Å²) in [4.78, 5) is 22.3. The van der Waals surface area contributed by atoms with E-state index in [-0.39, 0.29) is 11.7 Å². The van der Waals surface area contributed by atoms with Gasteiger partial charge in [0.25, 0.3) is 0 Å². The van der Waals surface area contributed by atoms with Crippen molar-refractivity contribution in [2.45, 2.75) is 19.4 Å². The Hall–Kier alpha value is -1.22. The Bertz CT molecular complexity index is 374. The van der Waals surface area contributed by atoms with Gasteiger partial charge in [-0.25, -0.2) is 14.2 Å². The van der Waals surface area contributed by atoms with Gasteiger partial charge in [0, 0.05) is 19.1 Å². The van der Waals surface area contributed by atoms with Crippen molar-refractivity contribution < 1.29 is 27.5 Å². The van der Waals surface area contributed by atoms with E-state index in [1.54, 1.807) is 0 Å². The third-order valence-corrected chi connectivity index (χ3v) is 3.09. The summed E-state index contributed by atoms with van der Waals surface area (Å²) in [6.07, 6.45) is -3.08. The SMILES string of the molecule is CC(=O)N1NC(C(=O)OCCC(F)=C(F)F)CS1. The monoisotopic (exact) mass is 284 g/mol. The fraction of sp³-hybridized carbons (Fsp3) is 0.556. The molecule has 1 heterocycles. The number of amides is 1. The second kappa shape index (κ2) is 6.64. The third-order valence-electron chi connectivity index (χ3n) is 1.98. The maximum Gasteiger partial charge on any atom is 0.325 e. The number of carbonyl (C=O) groups excluding carboxylic acids is 2. The molecular weight excluding hydrogens is 273 g/mol. The van der Waals surface area contributed by atoms with E-state index in [9.17, 15) is 22.8 Å². The Morgan fingerprint density at radius 1 is 1.44 bits per heavy atom. The number of ether oxygens (including phenoxy) is 1. The summed E-state index contributed by atoms with van der Waals surface area (Å²) >= 11 is 1.10. The van der Waals surface area contributed by atoms with Crippen LogP contribution in [-0.4, -0.2) is 34.7 Å². The number of nitrogens with one attached hydrogen (secondary N) is 1. The van der Waals surface area contributed by atoms with Gasteiger partial charge in [0.05, 0.1) is 6.61 Å². The van der Waals surface area contributed by atoms with E-state index in [0.29, 0.717) is 0 Å². The number of carbonyl (C=O) groups is 2. The molecule has 18 heavy (non-hydrogen) atoms. The zero-order valence-electron chi connectivity index (χ0n) is 9.41. The zero-order valence-corrected chi connectivity index (χ0v) is 10.2. The van der Waals surface area contributed by atoms with Gasteiger partial charge in [-0.05, 0) is 11.9 Å². The molecule has 1 aliphatic rings. The van der Waals surface area contributed by atoms with Crippen LogP contribution in [0.1, 0.15) is 13.3 Å². The molecule has 1 saturated heterocycles. The molecule has 0 aromatic rings. The maximum absolute atomic E-state index is 12.4. The predicted octanol–water partition coefficient (Wildman–Crippen LogP) is 1.38. The number of esters is 1. The molecule has 1 fully saturated rings. The van der Waals surface area contributed by atoms with Gasteiger partial charge in [0.2, 0.25) is 5.91 Å². The number of hydrogen-bond donors (Lipinski definition) is 1. The quantitative estimate of drug-likeness (QED) is 0.624. The molecule has 1 amide bonds. The molecule has 0 aliphatic carbocycles. The highest BCUT2D eigenvalue weighted by Gasteiger charge is 2.31. The maximum atomic E-state index is 12.4. The van der Waals surface area contributed by atoms with E-state index in [2.05, 4.69) is 10.2 Å². The highest BCUT2D eigenvalue weighted by molar-refractivity contribution is 7.97. The molecule has 9 heteroatoms. The summed E-state index contributed by atoms with van der Waals surface area (Å²) in [5.41, 5.74) is 2.57. The molecule has 5 nitrogen and oxygen atoms in total. The minimum atomic E-state index is -2.41. The van der Waals surface area contributed by atoms with Gasteiger partial charge in [-0.3, -0.25) is 9.59 Å². The molecule has 1 aliphatic heterocycles. The number of nitrogens with zero attached hydrogens (tertiary/aromatic N) is 1. The van der Waals surface area contributed by atoms with Gasteiger partial charge in [-0.15, -0.1) is 0 Å². The first-order valence-electron chi connectivity index (χ1n) is 4.98. The molecule has 1 atom stereocenters. The fourth-order valence-electron chi connectivity index (χ4n) is 1.10. The molecule has 0 aromatic heterocycles. The number of rotatable bonds is 4. The Balaban J connectivity index is 2.31. The summed E-state index contributed by atoms with van der Waals surface area (Å²) in [6, 6.07) is -0.735. The normalized spacial score (nSPS) is 18.7. The lowest BCUT2D eigenvalue weighted by molar-refractivity contribution is -0.146. The summed E-state index contributed by atoms with van der Waals surface area (Å²) in [5.74, 6) is -2.29. The Morgan fingerprint density at radius 2 is 2.11 bits per heavy atom. The Labute approximate surface area is 105 Å². The first-order chi connectivity index (χ1) is 8.41. The van der Waals surface area contributed by atoms with Crippen LogP contribution in [0.3, 0.4) is 0 Å². The minimum absolute atomic E-state index is 0.274. The van der Waals surface area contributed by atoms with E-state index < -0.39 is 36.9 Å². The highest BCUT2D eigenvalue weighted by atomic mass is 32.2. The van der Waals surface area contributed by atoms with E-state index in [0.717, 1.165) is 11.9 Å². The van der Waals surface area contributed by atoms with E-state index >= 15 is 0 Å². The van der Waals surface area contributed by atoms with Crippen LogP contribution in [0.25, 0.3) is 0 Å². The lowest BCUT2D eigenvalue weighted by atomic mass is 10.3. The topological polar surface area (TPSA) is 58.6 Å². The van der Waals surface area contributed by atoms with Crippen LogP contribution < -0.4 is 5.43 Å². The van der Waals surface area contributed by atoms with Crippen LogP contribution in [0.15, 0.2) is 11.9 Å². The second-order valence-corrected chi connectivity index (χ2v) is 4.33. The zero-order chi connectivity index (χ0) is 13.7. The molecule has 0 spiro atoms. The van der Waals surface area contributed by atoms with Crippen LogP contribution in [0.2, 0.25) is 0 Å². The average molecular weight is 284 g/mol. The van der Waals surface area contributed by atoms with Crippen molar-refractivity contribution in [3.63, 3.8) is 0 Å². The van der Waals surface area contributed by atoms with Crippen LogP contribution in [0, 0.1) is 0 Å². The lowest BCUT2D eigenvalue weighted by Gasteiger charge is -2.13. The first kappa shape index (κ1) is 14.8. The molecular formula is C9H11F3N2O3S. The minimum Gasteiger partial charge on any atom is -0.464 e. The van der Waals surface area contributed by atoms with Gasteiger partial charge in [-0.2, -0.15) is 8.78 Å². The van der Waals surface area contributed by atoms with Crippen molar-refractivity contribution in [2.24, 2.45) is 0 Å². The molecule has 102 valence electrons. The van der Waals surface area contributed by atoms with Crippen molar-refractivity contribution in [2.75, 3.05) is 12.4 Å². The third kappa shape index (κ3) is 4.22. The molecule has 1 unspecified atom stereocenters. The van der Waals surface area contributed by atoms with Crippen molar-refractivity contribution in [1.29, 1.82) is 0 Å². The van der Waals surface area contributed by atoms with Gasteiger partial charge >= 0.3 is 12.0 Å². The molecule has 0 radical (unpaired) electrons. The van der Waals surface area contributed by atoms with Crippen LogP contribution in [-0.2, 0) is 14.3 Å². The summed E-state index contributed by atoms with van der Waals surface area (Å²) in [5, 5.41) is 0. The smallest absolute Gasteiger partial charge is 0.325 e. The molecule has 0 aromatic carbocycles. The molecule has 0 bridgehead atoms. The van der Waals surface area contributed by atoms with Gasteiger partial charge in [0.15, 0.2) is 5.83 Å². The number of hydrogen-bond acceptors (Lipinski definition) is 5. The molecule has 1 rings (SSSR count). The van der Waals surface area contributed by atoms with E-state index in [1.165, 1.54) is 11.3 Å². The summed E-state index contributed by atoms with van der Waals surface area (Å²) in [6.45, 7) is 0.850. The number of halogens is 3.